The van der Waals surface area contributed by atoms with Crippen LogP contribution in [-0.2, 0) is 11.3 Å². The van der Waals surface area contributed by atoms with E-state index in [-0.39, 0.29) is 17.7 Å². The highest BCUT2D eigenvalue weighted by molar-refractivity contribution is 5.98. The van der Waals surface area contributed by atoms with Crippen LogP contribution in [0.1, 0.15) is 36.2 Å². The Bertz CT molecular complexity index is 806. The van der Waals surface area contributed by atoms with Crippen LogP contribution in [0, 0.1) is 11.8 Å². The van der Waals surface area contributed by atoms with Crippen molar-refractivity contribution in [2.45, 2.75) is 26.8 Å². The van der Waals surface area contributed by atoms with Gasteiger partial charge in [0.25, 0.3) is 5.91 Å². The van der Waals surface area contributed by atoms with Crippen molar-refractivity contribution in [2.24, 2.45) is 11.8 Å². The fraction of sp³-hybridized carbons (Fsp3) is 0.350. The van der Waals surface area contributed by atoms with Gasteiger partial charge in [0.1, 0.15) is 0 Å². The van der Waals surface area contributed by atoms with Gasteiger partial charge in [-0.25, -0.2) is 4.98 Å². The van der Waals surface area contributed by atoms with Crippen LogP contribution < -0.4 is 15.4 Å². The number of nitrogens with zero attached hydrogens (tertiary/aromatic N) is 1. The summed E-state index contributed by atoms with van der Waals surface area (Å²) in [5.74, 6) is 0.865. The van der Waals surface area contributed by atoms with E-state index in [9.17, 15) is 9.59 Å². The molecule has 6 nitrogen and oxygen atoms in total. The number of aromatic nitrogens is 1. The van der Waals surface area contributed by atoms with E-state index >= 15 is 0 Å². The molecule has 1 aliphatic carbocycles. The standard InChI is InChI=1S/C20H23N3O3/c1-3-26-20-15(7-5-9-21-20)12-22-18(24)14-6-4-8-16(11-14)23-19(25)17-10-13(17)2/h4-9,11,13,17H,3,10,12H2,1-2H3,(H,22,24)(H,23,25). The zero-order valence-corrected chi connectivity index (χ0v) is 15.0. The predicted molar refractivity (Wildman–Crippen MR) is 98.9 cm³/mol. The minimum atomic E-state index is -0.216. The summed E-state index contributed by atoms with van der Waals surface area (Å²) in [5, 5.41) is 5.75. The minimum absolute atomic E-state index is 0.0202. The Kier molecular flexibility index (Phi) is 5.51. The number of ether oxygens (including phenoxy) is 1. The maximum atomic E-state index is 12.4. The summed E-state index contributed by atoms with van der Waals surface area (Å²) in [6.07, 6.45) is 2.59. The molecule has 0 radical (unpaired) electrons. The van der Waals surface area contributed by atoms with Crippen molar-refractivity contribution < 1.29 is 14.3 Å². The molecule has 26 heavy (non-hydrogen) atoms. The summed E-state index contributed by atoms with van der Waals surface area (Å²) in [7, 11) is 0. The summed E-state index contributed by atoms with van der Waals surface area (Å²) in [6, 6.07) is 10.6. The molecule has 2 N–H and O–H groups in total. The fourth-order valence-electron chi connectivity index (χ4n) is 2.76. The molecule has 1 aromatic carbocycles. The van der Waals surface area contributed by atoms with Gasteiger partial charge in [-0.2, -0.15) is 0 Å². The quantitative estimate of drug-likeness (QED) is 0.802. The third kappa shape index (κ3) is 4.39. The first kappa shape index (κ1) is 17.9. The lowest BCUT2D eigenvalue weighted by atomic mass is 10.1. The molecule has 2 aromatic rings. The molecule has 0 spiro atoms. The lowest BCUT2D eigenvalue weighted by Gasteiger charge is -2.11. The van der Waals surface area contributed by atoms with E-state index in [0.29, 0.717) is 36.2 Å². The van der Waals surface area contributed by atoms with Gasteiger partial charge in [-0.1, -0.05) is 19.1 Å². The number of amides is 2. The average Bonchev–Trinajstić information content (AvgIpc) is 3.38. The van der Waals surface area contributed by atoms with E-state index in [1.807, 2.05) is 13.0 Å². The summed E-state index contributed by atoms with van der Waals surface area (Å²) in [4.78, 5) is 28.7. The van der Waals surface area contributed by atoms with Gasteiger partial charge in [-0.05, 0) is 43.5 Å². The monoisotopic (exact) mass is 353 g/mol. The lowest BCUT2D eigenvalue weighted by molar-refractivity contribution is -0.117. The van der Waals surface area contributed by atoms with Gasteiger partial charge in [0.15, 0.2) is 0 Å². The van der Waals surface area contributed by atoms with Crippen molar-refractivity contribution in [3.8, 4) is 5.88 Å². The van der Waals surface area contributed by atoms with Gasteiger partial charge in [0.05, 0.1) is 6.61 Å². The number of hydrogen-bond acceptors (Lipinski definition) is 4. The Hall–Kier alpha value is -2.89. The van der Waals surface area contributed by atoms with Gasteiger partial charge in [-0.3, -0.25) is 9.59 Å². The van der Waals surface area contributed by atoms with Gasteiger partial charge in [-0.15, -0.1) is 0 Å². The van der Waals surface area contributed by atoms with Crippen LogP contribution in [0.5, 0.6) is 5.88 Å². The Morgan fingerprint density at radius 1 is 1.27 bits per heavy atom. The second kappa shape index (κ2) is 7.99. The topological polar surface area (TPSA) is 80.3 Å². The molecule has 1 aromatic heterocycles. The van der Waals surface area contributed by atoms with Crippen molar-refractivity contribution in [1.82, 2.24) is 10.3 Å². The predicted octanol–water partition coefficient (Wildman–Crippen LogP) is 3.00. The maximum absolute atomic E-state index is 12.4. The molecular weight excluding hydrogens is 330 g/mol. The maximum Gasteiger partial charge on any atom is 0.251 e. The summed E-state index contributed by atoms with van der Waals surface area (Å²) in [6.45, 7) is 4.78. The zero-order valence-electron chi connectivity index (χ0n) is 15.0. The van der Waals surface area contributed by atoms with E-state index in [2.05, 4.69) is 22.5 Å². The largest absolute Gasteiger partial charge is 0.478 e. The molecule has 3 rings (SSSR count). The van der Waals surface area contributed by atoms with E-state index < -0.39 is 0 Å². The van der Waals surface area contributed by atoms with E-state index in [4.69, 9.17) is 4.74 Å². The zero-order chi connectivity index (χ0) is 18.5. The molecule has 136 valence electrons. The first-order chi connectivity index (χ1) is 12.6. The third-order valence-electron chi connectivity index (χ3n) is 4.41. The van der Waals surface area contributed by atoms with Crippen molar-refractivity contribution in [2.75, 3.05) is 11.9 Å². The molecule has 2 unspecified atom stereocenters. The molecule has 1 saturated carbocycles. The number of anilines is 1. The van der Waals surface area contributed by atoms with Gasteiger partial charge in [0.2, 0.25) is 11.8 Å². The normalized spacial score (nSPS) is 18.1. The highest BCUT2D eigenvalue weighted by Gasteiger charge is 2.39. The fourth-order valence-corrected chi connectivity index (χ4v) is 2.76. The highest BCUT2D eigenvalue weighted by atomic mass is 16.5. The third-order valence-corrected chi connectivity index (χ3v) is 4.41. The van der Waals surface area contributed by atoms with Gasteiger partial charge >= 0.3 is 0 Å². The number of rotatable bonds is 7. The molecule has 2 amide bonds. The minimum Gasteiger partial charge on any atom is -0.478 e. The second-order valence-corrected chi connectivity index (χ2v) is 6.47. The Labute approximate surface area is 153 Å². The Morgan fingerprint density at radius 3 is 2.81 bits per heavy atom. The number of pyridine rings is 1. The van der Waals surface area contributed by atoms with Crippen LogP contribution in [0.15, 0.2) is 42.6 Å². The van der Waals surface area contributed by atoms with Crippen molar-refractivity contribution >= 4 is 17.5 Å². The number of hydrogen-bond donors (Lipinski definition) is 2. The van der Waals surface area contributed by atoms with E-state index in [1.165, 1.54) is 0 Å². The number of carbonyl (C=O) groups is 2. The lowest BCUT2D eigenvalue weighted by Crippen LogP contribution is -2.23. The summed E-state index contributed by atoms with van der Waals surface area (Å²) in [5.41, 5.74) is 1.95. The van der Waals surface area contributed by atoms with E-state index in [1.54, 1.807) is 36.5 Å². The summed E-state index contributed by atoms with van der Waals surface area (Å²) >= 11 is 0. The number of benzene rings is 1. The number of carbonyl (C=O) groups excluding carboxylic acids is 2. The van der Waals surface area contributed by atoms with Crippen molar-refractivity contribution in [3.63, 3.8) is 0 Å². The van der Waals surface area contributed by atoms with E-state index in [0.717, 1.165) is 12.0 Å². The molecule has 1 fully saturated rings. The molecular formula is C20H23N3O3. The van der Waals surface area contributed by atoms with Crippen LogP contribution >= 0.6 is 0 Å². The molecule has 1 heterocycles. The SMILES string of the molecule is CCOc1ncccc1CNC(=O)c1cccc(NC(=O)C2CC2C)c1. The first-order valence-electron chi connectivity index (χ1n) is 8.84. The van der Waals surface area contributed by atoms with Crippen LogP contribution in [0.3, 0.4) is 0 Å². The molecule has 6 heteroatoms. The van der Waals surface area contributed by atoms with Crippen LogP contribution in [0.2, 0.25) is 0 Å². The molecule has 0 saturated heterocycles. The van der Waals surface area contributed by atoms with Crippen molar-refractivity contribution in [1.29, 1.82) is 0 Å². The highest BCUT2D eigenvalue weighted by Crippen LogP contribution is 2.38. The molecule has 0 bridgehead atoms. The average molecular weight is 353 g/mol. The second-order valence-electron chi connectivity index (χ2n) is 6.47. The Balaban J connectivity index is 1.61. The molecule has 2 atom stereocenters. The van der Waals surface area contributed by atoms with Gasteiger partial charge < -0.3 is 15.4 Å². The van der Waals surface area contributed by atoms with Gasteiger partial charge in [0, 0.05) is 35.5 Å². The summed E-state index contributed by atoms with van der Waals surface area (Å²) < 4.78 is 5.46. The van der Waals surface area contributed by atoms with Crippen LogP contribution in [0.4, 0.5) is 5.69 Å². The number of nitrogens with one attached hydrogen (secondary N) is 2. The smallest absolute Gasteiger partial charge is 0.251 e. The molecule has 0 aliphatic heterocycles. The van der Waals surface area contributed by atoms with Crippen LogP contribution in [-0.4, -0.2) is 23.4 Å². The molecule has 1 aliphatic rings. The van der Waals surface area contributed by atoms with Crippen LogP contribution in [0.25, 0.3) is 0 Å². The van der Waals surface area contributed by atoms with Crippen molar-refractivity contribution in [3.05, 3.63) is 53.7 Å². The first-order valence-corrected chi connectivity index (χ1v) is 8.84. The Morgan fingerprint density at radius 2 is 2.08 bits per heavy atom.